The molecule has 0 aliphatic carbocycles. The Morgan fingerprint density at radius 3 is 2.41 bits per heavy atom. The number of nitrogen functional groups attached to an aromatic ring is 1. The average molecular weight is 480 g/mol. The summed E-state index contributed by atoms with van der Waals surface area (Å²) in [6.07, 6.45) is 0.726. The van der Waals surface area contributed by atoms with Crippen LogP contribution in [0.4, 0.5) is 5.82 Å². The van der Waals surface area contributed by atoms with Crippen LogP contribution in [0.1, 0.15) is 46.7 Å². The molecule has 2 aromatic heterocycles. The number of hydrogen-bond acceptors (Lipinski definition) is 6. The summed E-state index contributed by atoms with van der Waals surface area (Å²) in [5.74, 6) is -0.730. The smallest absolute Gasteiger partial charge is 0.283 e. The number of aryl methyl sites for hydroxylation is 4. The van der Waals surface area contributed by atoms with E-state index in [4.69, 9.17) is 10.8 Å². The Bertz CT molecular complexity index is 1510. The molecule has 2 aromatic carbocycles. The minimum absolute atomic E-state index is 0. The predicted octanol–water partition coefficient (Wildman–Crippen LogP) is 3.91. The van der Waals surface area contributed by atoms with Gasteiger partial charge in [-0.2, -0.15) is 13.5 Å². The third-order valence-corrected chi connectivity index (χ3v) is 7.08. The lowest BCUT2D eigenvalue weighted by Crippen LogP contribution is -2.33. The monoisotopic (exact) mass is 479 g/mol. The van der Waals surface area contributed by atoms with Crippen molar-refractivity contribution in [3.8, 4) is 0 Å². The first-order valence-corrected chi connectivity index (χ1v) is 12.4. The highest BCUT2D eigenvalue weighted by molar-refractivity contribution is 7.90. The van der Waals surface area contributed by atoms with E-state index in [0.29, 0.717) is 17.4 Å². The fourth-order valence-corrected chi connectivity index (χ4v) is 5.19. The maximum Gasteiger partial charge on any atom is 0.283 e. The molecule has 0 saturated carbocycles. The van der Waals surface area contributed by atoms with Gasteiger partial charge in [0.2, 0.25) is 0 Å². The number of carbonyl (C=O) groups excluding carboxylic acids is 1. The standard InChI is InChI=1S/C25H27N5O3S.H2/c1-5-18-8-6-9-19-23(18)28-30(14-20-16(3)12-15(2)13-17(20)4)24(19)25(31)29-34(32,33)22-11-7-10-21(26)27-22;/h6-13H,5,14H2,1-4H3,(H2,26,27)(H,29,31);1H. The van der Waals surface area contributed by atoms with Gasteiger partial charge < -0.3 is 5.73 Å². The second-order valence-corrected chi connectivity index (χ2v) is 10.0. The number of nitrogens with two attached hydrogens (primary N) is 1. The third-order valence-electron chi connectivity index (χ3n) is 5.85. The SMILES string of the molecule is CCc1cccc2c(C(=O)NS(=O)(=O)c3cccc(N)n3)n(Cc3c(C)cc(C)cc3C)nc12.[HH]. The summed E-state index contributed by atoms with van der Waals surface area (Å²) in [5.41, 5.74) is 11.8. The van der Waals surface area contributed by atoms with Crippen LogP contribution in [-0.4, -0.2) is 29.1 Å². The van der Waals surface area contributed by atoms with Gasteiger partial charge in [0.05, 0.1) is 12.1 Å². The van der Waals surface area contributed by atoms with E-state index in [1.165, 1.54) is 18.2 Å². The van der Waals surface area contributed by atoms with Crippen LogP contribution in [0.25, 0.3) is 10.9 Å². The first-order chi connectivity index (χ1) is 16.1. The average Bonchev–Trinajstić information content (AvgIpc) is 3.14. The molecule has 0 unspecified atom stereocenters. The second-order valence-electron chi connectivity index (χ2n) is 8.39. The Hall–Kier alpha value is -3.72. The summed E-state index contributed by atoms with van der Waals surface area (Å²) in [7, 11) is -4.24. The Morgan fingerprint density at radius 1 is 1.09 bits per heavy atom. The van der Waals surface area contributed by atoms with Crippen molar-refractivity contribution in [1.29, 1.82) is 0 Å². The lowest BCUT2D eigenvalue weighted by Gasteiger charge is -2.14. The number of pyridine rings is 1. The molecule has 0 aliphatic heterocycles. The van der Waals surface area contributed by atoms with Crippen molar-refractivity contribution in [2.45, 2.75) is 45.7 Å². The van der Waals surface area contributed by atoms with Crippen molar-refractivity contribution in [3.05, 3.63) is 82.0 Å². The lowest BCUT2D eigenvalue weighted by molar-refractivity contribution is 0.0973. The molecule has 9 heteroatoms. The van der Waals surface area contributed by atoms with E-state index < -0.39 is 15.9 Å². The number of carbonyl (C=O) groups is 1. The summed E-state index contributed by atoms with van der Waals surface area (Å²) in [6.45, 7) is 8.41. The highest BCUT2D eigenvalue weighted by Gasteiger charge is 2.26. The minimum atomic E-state index is -4.24. The molecule has 8 nitrogen and oxygen atoms in total. The Morgan fingerprint density at radius 2 is 1.76 bits per heavy atom. The van der Waals surface area contributed by atoms with Crippen molar-refractivity contribution < 1.29 is 14.6 Å². The van der Waals surface area contributed by atoms with Gasteiger partial charge in [-0.05, 0) is 61.6 Å². The molecule has 34 heavy (non-hydrogen) atoms. The number of hydrogen-bond donors (Lipinski definition) is 2. The topological polar surface area (TPSA) is 120 Å². The molecule has 0 aliphatic rings. The number of fused-ring (bicyclic) bond motifs is 1. The van der Waals surface area contributed by atoms with Crippen molar-refractivity contribution in [3.63, 3.8) is 0 Å². The molecule has 0 bridgehead atoms. The summed E-state index contributed by atoms with van der Waals surface area (Å²) >= 11 is 0. The lowest BCUT2D eigenvalue weighted by atomic mass is 10.00. The largest absolute Gasteiger partial charge is 0.384 e. The highest BCUT2D eigenvalue weighted by Crippen LogP contribution is 2.26. The van der Waals surface area contributed by atoms with Gasteiger partial charge in [-0.1, -0.05) is 48.9 Å². The molecule has 1 amide bonds. The van der Waals surface area contributed by atoms with E-state index in [-0.39, 0.29) is 18.0 Å². The van der Waals surface area contributed by atoms with E-state index >= 15 is 0 Å². The number of aromatic nitrogens is 3. The summed E-state index contributed by atoms with van der Waals surface area (Å²) in [4.78, 5) is 17.3. The van der Waals surface area contributed by atoms with Crippen molar-refractivity contribution in [1.82, 2.24) is 19.5 Å². The highest BCUT2D eigenvalue weighted by atomic mass is 32.2. The van der Waals surface area contributed by atoms with Crippen molar-refractivity contribution >= 4 is 32.7 Å². The van der Waals surface area contributed by atoms with Crippen LogP contribution in [0.2, 0.25) is 0 Å². The van der Waals surface area contributed by atoms with Gasteiger partial charge in [0.1, 0.15) is 11.5 Å². The molecule has 0 spiro atoms. The van der Waals surface area contributed by atoms with Crippen LogP contribution in [0.5, 0.6) is 0 Å². The van der Waals surface area contributed by atoms with Gasteiger partial charge in [-0.3, -0.25) is 9.48 Å². The van der Waals surface area contributed by atoms with Crippen molar-refractivity contribution in [2.75, 3.05) is 5.73 Å². The number of sulfonamides is 1. The number of amides is 1. The number of nitrogens with zero attached hydrogens (tertiary/aromatic N) is 3. The van der Waals surface area contributed by atoms with Gasteiger partial charge in [-0.25, -0.2) is 9.71 Å². The minimum Gasteiger partial charge on any atom is -0.384 e. The van der Waals surface area contributed by atoms with Crippen LogP contribution in [-0.2, 0) is 23.0 Å². The van der Waals surface area contributed by atoms with Crippen LogP contribution < -0.4 is 10.5 Å². The molecule has 3 N–H and O–H groups in total. The molecule has 2 heterocycles. The van der Waals surface area contributed by atoms with E-state index in [2.05, 4.69) is 21.8 Å². The number of anilines is 1. The maximum absolute atomic E-state index is 13.4. The number of benzene rings is 2. The van der Waals surface area contributed by atoms with E-state index in [1.807, 2.05) is 39.8 Å². The predicted molar refractivity (Wildman–Crippen MR) is 134 cm³/mol. The van der Waals surface area contributed by atoms with Crippen LogP contribution in [0.15, 0.2) is 53.6 Å². The molecule has 178 valence electrons. The molecular formula is C25H29N5O3S. The molecular weight excluding hydrogens is 450 g/mol. The van der Waals surface area contributed by atoms with E-state index in [0.717, 1.165) is 34.2 Å². The van der Waals surface area contributed by atoms with Crippen LogP contribution in [0, 0.1) is 20.8 Å². The molecule has 0 saturated heterocycles. The van der Waals surface area contributed by atoms with Gasteiger partial charge in [0.25, 0.3) is 15.9 Å². The van der Waals surface area contributed by atoms with Crippen LogP contribution >= 0.6 is 0 Å². The Labute approximate surface area is 200 Å². The van der Waals surface area contributed by atoms with Gasteiger partial charge in [0.15, 0.2) is 5.03 Å². The summed E-state index contributed by atoms with van der Waals surface area (Å²) in [5, 5.41) is 5.02. The summed E-state index contributed by atoms with van der Waals surface area (Å²) in [6, 6.07) is 14.0. The Kier molecular flexibility index (Phi) is 6.14. The quantitative estimate of drug-likeness (QED) is 0.433. The van der Waals surface area contributed by atoms with Crippen molar-refractivity contribution in [2.24, 2.45) is 0 Å². The molecule has 0 radical (unpaired) electrons. The first kappa shape index (κ1) is 23.4. The van der Waals surface area contributed by atoms with Gasteiger partial charge >= 0.3 is 0 Å². The molecule has 0 fully saturated rings. The van der Waals surface area contributed by atoms with Crippen LogP contribution in [0.3, 0.4) is 0 Å². The fraction of sp³-hybridized carbons (Fsp3) is 0.240. The van der Waals surface area contributed by atoms with E-state index in [9.17, 15) is 13.2 Å². The Balaban J connectivity index is 0.00000342. The number of nitrogens with one attached hydrogen (secondary N) is 1. The molecule has 4 rings (SSSR count). The normalized spacial score (nSPS) is 11.6. The second kappa shape index (κ2) is 8.90. The zero-order valence-corrected chi connectivity index (χ0v) is 20.4. The van der Waals surface area contributed by atoms with Gasteiger partial charge in [-0.15, -0.1) is 0 Å². The maximum atomic E-state index is 13.4. The van der Waals surface area contributed by atoms with Gasteiger partial charge in [0, 0.05) is 6.81 Å². The number of rotatable bonds is 6. The summed E-state index contributed by atoms with van der Waals surface area (Å²) < 4.78 is 29.5. The fourth-order valence-electron chi connectivity index (χ4n) is 4.26. The zero-order valence-electron chi connectivity index (χ0n) is 19.6. The molecule has 0 atom stereocenters. The third kappa shape index (κ3) is 4.38. The molecule has 4 aromatic rings. The van der Waals surface area contributed by atoms with E-state index in [1.54, 1.807) is 10.7 Å². The zero-order chi connectivity index (χ0) is 24.6. The first-order valence-electron chi connectivity index (χ1n) is 11.0.